The normalized spacial score (nSPS) is 17.4. The Morgan fingerprint density at radius 1 is 1.37 bits per heavy atom. The molecule has 19 heavy (non-hydrogen) atoms. The molecular formula is C15H21ClN2O. The van der Waals surface area contributed by atoms with Gasteiger partial charge >= 0.3 is 0 Å². The van der Waals surface area contributed by atoms with E-state index in [0.717, 1.165) is 44.0 Å². The number of piperidine rings is 1. The van der Waals surface area contributed by atoms with Gasteiger partial charge in [0.05, 0.1) is 0 Å². The zero-order valence-corrected chi connectivity index (χ0v) is 12.1. The highest BCUT2D eigenvalue weighted by molar-refractivity contribution is 6.31. The lowest BCUT2D eigenvalue weighted by Crippen LogP contribution is -2.40. The van der Waals surface area contributed by atoms with Crippen LogP contribution in [-0.2, 0) is 11.3 Å². The zero-order valence-electron chi connectivity index (χ0n) is 11.4. The topological polar surface area (TPSA) is 32.3 Å². The number of likely N-dealkylation sites (tertiary alicyclic amines) is 1. The van der Waals surface area contributed by atoms with Crippen molar-refractivity contribution in [3.8, 4) is 0 Å². The van der Waals surface area contributed by atoms with Crippen molar-refractivity contribution in [2.24, 2.45) is 5.92 Å². The number of hydrogen-bond donors (Lipinski definition) is 1. The lowest BCUT2D eigenvalue weighted by atomic mass is 9.95. The lowest BCUT2D eigenvalue weighted by molar-refractivity contribution is -0.126. The van der Waals surface area contributed by atoms with Gasteiger partial charge in [-0.1, -0.05) is 29.8 Å². The molecule has 1 aromatic carbocycles. The second-order valence-electron chi connectivity index (χ2n) is 5.04. The number of halogens is 1. The quantitative estimate of drug-likeness (QED) is 0.920. The largest absolute Gasteiger partial charge is 0.356 e. The Labute approximate surface area is 119 Å². The fourth-order valence-corrected chi connectivity index (χ4v) is 2.73. The molecule has 1 aliphatic rings. The first-order valence-corrected chi connectivity index (χ1v) is 7.32. The van der Waals surface area contributed by atoms with E-state index in [1.54, 1.807) is 0 Å². The molecule has 1 amide bonds. The van der Waals surface area contributed by atoms with Gasteiger partial charge in [0.25, 0.3) is 0 Å². The third-order valence-electron chi connectivity index (χ3n) is 3.66. The first kappa shape index (κ1) is 14.4. The maximum atomic E-state index is 11.8. The standard InChI is InChI=1S/C15H21ClN2O/c1-2-17-15(19)12-7-9-18(10-8-12)11-13-5-3-4-6-14(13)16/h3-6,12H,2,7-11H2,1H3,(H,17,19). The van der Waals surface area contributed by atoms with Crippen LogP contribution in [0.3, 0.4) is 0 Å². The van der Waals surface area contributed by atoms with Gasteiger partial charge in [0.15, 0.2) is 0 Å². The number of amides is 1. The minimum absolute atomic E-state index is 0.183. The first-order valence-electron chi connectivity index (χ1n) is 6.94. The van der Waals surface area contributed by atoms with Crippen LogP contribution in [0.1, 0.15) is 25.3 Å². The highest BCUT2D eigenvalue weighted by atomic mass is 35.5. The SMILES string of the molecule is CCNC(=O)C1CCN(Cc2ccccc2Cl)CC1. The molecular weight excluding hydrogens is 260 g/mol. The Hall–Kier alpha value is -1.06. The van der Waals surface area contributed by atoms with Crippen LogP contribution < -0.4 is 5.32 Å². The Bertz CT molecular complexity index is 428. The summed E-state index contributed by atoms with van der Waals surface area (Å²) in [7, 11) is 0. The number of carbonyl (C=O) groups is 1. The van der Waals surface area contributed by atoms with E-state index in [9.17, 15) is 4.79 Å². The molecule has 0 aromatic heterocycles. The van der Waals surface area contributed by atoms with Gasteiger partial charge in [-0.25, -0.2) is 0 Å². The van der Waals surface area contributed by atoms with E-state index in [-0.39, 0.29) is 11.8 Å². The van der Waals surface area contributed by atoms with E-state index >= 15 is 0 Å². The fraction of sp³-hybridized carbons (Fsp3) is 0.533. The molecule has 104 valence electrons. The van der Waals surface area contributed by atoms with E-state index in [4.69, 9.17) is 11.6 Å². The molecule has 1 saturated heterocycles. The molecule has 0 aliphatic carbocycles. The van der Waals surface area contributed by atoms with Crippen molar-refractivity contribution in [2.75, 3.05) is 19.6 Å². The Kier molecular flexibility index (Phi) is 5.23. The van der Waals surface area contributed by atoms with E-state index in [0.29, 0.717) is 0 Å². The first-order chi connectivity index (χ1) is 9.20. The summed E-state index contributed by atoms with van der Waals surface area (Å²) >= 11 is 6.17. The third-order valence-corrected chi connectivity index (χ3v) is 4.03. The molecule has 0 saturated carbocycles. The maximum Gasteiger partial charge on any atom is 0.223 e. The molecule has 0 spiro atoms. The number of carbonyl (C=O) groups excluding carboxylic acids is 1. The summed E-state index contributed by atoms with van der Waals surface area (Å²) in [4.78, 5) is 14.1. The fourth-order valence-electron chi connectivity index (χ4n) is 2.54. The van der Waals surface area contributed by atoms with Gasteiger partial charge in [0.1, 0.15) is 0 Å². The molecule has 2 rings (SSSR count). The summed E-state index contributed by atoms with van der Waals surface area (Å²) in [6.07, 6.45) is 1.88. The number of rotatable bonds is 4. The summed E-state index contributed by atoms with van der Waals surface area (Å²) in [6.45, 7) is 5.49. The number of benzene rings is 1. The summed E-state index contributed by atoms with van der Waals surface area (Å²) < 4.78 is 0. The van der Waals surface area contributed by atoms with Crippen molar-refractivity contribution in [1.82, 2.24) is 10.2 Å². The van der Waals surface area contributed by atoms with Crippen LogP contribution in [0.15, 0.2) is 24.3 Å². The third kappa shape index (κ3) is 3.95. The van der Waals surface area contributed by atoms with Gasteiger partial charge < -0.3 is 5.32 Å². The molecule has 1 heterocycles. The summed E-state index contributed by atoms with van der Waals surface area (Å²) in [5, 5.41) is 3.74. The maximum absolute atomic E-state index is 11.8. The number of nitrogens with zero attached hydrogens (tertiary/aromatic N) is 1. The molecule has 1 aromatic rings. The van der Waals surface area contributed by atoms with Gasteiger partial charge in [0, 0.05) is 24.0 Å². The number of nitrogens with one attached hydrogen (secondary N) is 1. The van der Waals surface area contributed by atoms with E-state index < -0.39 is 0 Å². The molecule has 1 N–H and O–H groups in total. The molecule has 1 aliphatic heterocycles. The summed E-state index contributed by atoms with van der Waals surface area (Å²) in [5.41, 5.74) is 1.17. The molecule has 0 atom stereocenters. The monoisotopic (exact) mass is 280 g/mol. The minimum Gasteiger partial charge on any atom is -0.356 e. The van der Waals surface area contributed by atoms with Crippen LogP contribution in [0.2, 0.25) is 5.02 Å². The van der Waals surface area contributed by atoms with Crippen molar-refractivity contribution >= 4 is 17.5 Å². The predicted octanol–water partition coefficient (Wildman–Crippen LogP) is 2.69. The summed E-state index contributed by atoms with van der Waals surface area (Å²) in [6, 6.07) is 7.96. The van der Waals surface area contributed by atoms with E-state index in [2.05, 4.69) is 16.3 Å². The molecule has 1 fully saturated rings. The van der Waals surface area contributed by atoms with Crippen molar-refractivity contribution < 1.29 is 4.79 Å². The van der Waals surface area contributed by atoms with Crippen LogP contribution >= 0.6 is 11.6 Å². The van der Waals surface area contributed by atoms with Gasteiger partial charge in [0.2, 0.25) is 5.91 Å². The average molecular weight is 281 g/mol. The Morgan fingerprint density at radius 2 is 2.05 bits per heavy atom. The highest BCUT2D eigenvalue weighted by Crippen LogP contribution is 2.22. The second kappa shape index (κ2) is 6.92. The minimum atomic E-state index is 0.183. The van der Waals surface area contributed by atoms with Crippen molar-refractivity contribution in [1.29, 1.82) is 0 Å². The second-order valence-corrected chi connectivity index (χ2v) is 5.44. The highest BCUT2D eigenvalue weighted by Gasteiger charge is 2.24. The molecule has 3 nitrogen and oxygen atoms in total. The Balaban J connectivity index is 1.84. The average Bonchev–Trinajstić information content (AvgIpc) is 2.42. The molecule has 4 heteroatoms. The molecule has 0 unspecified atom stereocenters. The van der Waals surface area contributed by atoms with Crippen molar-refractivity contribution in [3.63, 3.8) is 0 Å². The van der Waals surface area contributed by atoms with Crippen molar-refractivity contribution in [3.05, 3.63) is 34.9 Å². The van der Waals surface area contributed by atoms with Crippen LogP contribution in [0.25, 0.3) is 0 Å². The van der Waals surface area contributed by atoms with E-state index in [1.807, 2.05) is 25.1 Å². The number of hydrogen-bond acceptors (Lipinski definition) is 2. The molecule has 0 bridgehead atoms. The van der Waals surface area contributed by atoms with Gasteiger partial charge in [-0.05, 0) is 44.5 Å². The van der Waals surface area contributed by atoms with Crippen LogP contribution in [0.5, 0.6) is 0 Å². The Morgan fingerprint density at radius 3 is 2.68 bits per heavy atom. The van der Waals surface area contributed by atoms with Gasteiger partial charge in [-0.3, -0.25) is 9.69 Å². The van der Waals surface area contributed by atoms with Crippen LogP contribution in [-0.4, -0.2) is 30.4 Å². The smallest absolute Gasteiger partial charge is 0.223 e. The zero-order chi connectivity index (χ0) is 13.7. The van der Waals surface area contributed by atoms with Gasteiger partial charge in [-0.15, -0.1) is 0 Å². The lowest BCUT2D eigenvalue weighted by Gasteiger charge is -2.31. The van der Waals surface area contributed by atoms with Crippen LogP contribution in [0, 0.1) is 5.92 Å². The van der Waals surface area contributed by atoms with Gasteiger partial charge in [-0.2, -0.15) is 0 Å². The summed E-state index contributed by atoms with van der Waals surface area (Å²) in [5.74, 6) is 0.391. The van der Waals surface area contributed by atoms with E-state index in [1.165, 1.54) is 5.56 Å². The predicted molar refractivity (Wildman–Crippen MR) is 78.1 cm³/mol. The van der Waals surface area contributed by atoms with Crippen LogP contribution in [0.4, 0.5) is 0 Å². The van der Waals surface area contributed by atoms with Crippen molar-refractivity contribution in [2.45, 2.75) is 26.3 Å². The molecule has 0 radical (unpaired) electrons.